The van der Waals surface area contributed by atoms with Gasteiger partial charge in [-0.1, -0.05) is 0 Å². The molecule has 2 rings (SSSR count). The van der Waals surface area contributed by atoms with Gasteiger partial charge in [0.1, 0.15) is 0 Å². The first-order valence-electron chi connectivity index (χ1n) is 5.53. The maximum absolute atomic E-state index is 4.00. The molecule has 0 spiro atoms. The summed E-state index contributed by atoms with van der Waals surface area (Å²) in [5.74, 6) is 0. The normalized spacial score (nSPS) is 11.2. The second-order valence-electron chi connectivity index (χ2n) is 4.26. The molecule has 0 amide bonds. The van der Waals surface area contributed by atoms with E-state index >= 15 is 0 Å². The molecule has 1 radical (unpaired) electrons. The average molecular weight is 304 g/mol. The summed E-state index contributed by atoms with van der Waals surface area (Å²) in [6, 6.07) is 13.4. The van der Waals surface area contributed by atoms with Crippen LogP contribution in [0.3, 0.4) is 0 Å². The Morgan fingerprint density at radius 2 is 1.67 bits per heavy atom. The molecule has 0 saturated carbocycles. The van der Waals surface area contributed by atoms with E-state index in [2.05, 4.69) is 53.2 Å². The molecule has 0 fully saturated rings. The van der Waals surface area contributed by atoms with Crippen molar-refractivity contribution < 1.29 is 0 Å². The summed E-state index contributed by atoms with van der Waals surface area (Å²) in [5, 5.41) is 2.89. The fourth-order valence-electron chi connectivity index (χ4n) is 2.12. The van der Waals surface area contributed by atoms with Crippen LogP contribution < -0.4 is 3.58 Å². The van der Waals surface area contributed by atoms with Gasteiger partial charge < -0.3 is 0 Å². The van der Waals surface area contributed by atoms with Crippen molar-refractivity contribution in [2.24, 2.45) is 0 Å². The van der Waals surface area contributed by atoms with E-state index < -0.39 is 19.8 Å². The van der Waals surface area contributed by atoms with Crippen LogP contribution in [0.25, 0.3) is 10.8 Å². The number of rotatable bonds is 2. The van der Waals surface area contributed by atoms with E-state index in [1.54, 1.807) is 3.58 Å². The summed E-state index contributed by atoms with van der Waals surface area (Å²) < 4.78 is 1.64. The Labute approximate surface area is 99.1 Å². The summed E-state index contributed by atoms with van der Waals surface area (Å²) in [6.07, 6.45) is 0.883. The molecule has 0 N–H and O–H groups in total. The van der Waals surface area contributed by atoms with Gasteiger partial charge in [0.25, 0.3) is 0 Å². The Kier molecular flexibility index (Phi) is 3.35. The predicted octanol–water partition coefficient (Wildman–Crippen LogP) is 2.91. The monoisotopic (exact) mass is 305 g/mol. The summed E-state index contributed by atoms with van der Waals surface area (Å²) in [6.45, 7) is 4.00. The molecule has 2 aromatic carbocycles. The van der Waals surface area contributed by atoms with Crippen LogP contribution in [0.15, 0.2) is 36.4 Å². The van der Waals surface area contributed by atoms with Gasteiger partial charge in [0.05, 0.1) is 0 Å². The zero-order valence-corrected chi connectivity index (χ0v) is 12.8. The van der Waals surface area contributed by atoms with Crippen LogP contribution in [0.2, 0.25) is 9.88 Å². The molecule has 0 heterocycles. The Balaban J connectivity index is 2.76. The summed E-state index contributed by atoms with van der Waals surface area (Å²) in [5.41, 5.74) is 1.38. The van der Waals surface area contributed by atoms with Crippen LogP contribution >= 0.6 is 0 Å². The molecule has 77 valence electrons. The first kappa shape index (κ1) is 11.0. The van der Waals surface area contributed by atoms with Gasteiger partial charge in [-0.25, -0.2) is 0 Å². The van der Waals surface area contributed by atoms with Crippen LogP contribution in [0.5, 0.6) is 0 Å². The molecule has 0 bridgehead atoms. The van der Waals surface area contributed by atoms with Crippen LogP contribution in [0.1, 0.15) is 5.56 Å². The van der Waals surface area contributed by atoms with Gasteiger partial charge in [0.2, 0.25) is 0 Å². The molecular formula is C14H17Sn. The van der Waals surface area contributed by atoms with Crippen LogP contribution in [0, 0.1) is 6.92 Å². The van der Waals surface area contributed by atoms with Gasteiger partial charge in [0, 0.05) is 0 Å². The molecule has 0 saturated heterocycles. The van der Waals surface area contributed by atoms with E-state index in [0.29, 0.717) is 0 Å². The predicted molar refractivity (Wildman–Crippen MR) is 71.5 cm³/mol. The van der Waals surface area contributed by atoms with Crippen molar-refractivity contribution in [1.82, 2.24) is 0 Å². The molecule has 0 aliphatic rings. The van der Waals surface area contributed by atoms with Crippen LogP contribution in [-0.4, -0.2) is 19.8 Å². The van der Waals surface area contributed by atoms with Crippen molar-refractivity contribution in [3.05, 3.63) is 48.9 Å². The van der Waals surface area contributed by atoms with E-state index in [1.165, 1.54) is 16.3 Å². The van der Waals surface area contributed by atoms with Gasteiger partial charge in [-0.2, -0.15) is 0 Å². The third kappa shape index (κ3) is 2.05. The van der Waals surface area contributed by atoms with Gasteiger partial charge in [-0.15, -0.1) is 0 Å². The van der Waals surface area contributed by atoms with E-state index in [0.717, 1.165) is 6.42 Å². The number of fused-ring (bicyclic) bond motifs is 1. The van der Waals surface area contributed by atoms with Crippen LogP contribution in [-0.2, 0) is 6.42 Å². The quantitative estimate of drug-likeness (QED) is 0.749. The SMILES string of the molecule is [CH2]Cc1cccc2[c]([SnH]([CH3])[CH3])cccc12. The van der Waals surface area contributed by atoms with Gasteiger partial charge in [0.15, 0.2) is 0 Å². The zero-order valence-electron chi connectivity index (χ0n) is 9.46. The summed E-state index contributed by atoms with van der Waals surface area (Å²) in [7, 11) is 0. The van der Waals surface area contributed by atoms with Crippen molar-refractivity contribution in [2.75, 3.05) is 0 Å². The topological polar surface area (TPSA) is 0 Å². The first-order valence-corrected chi connectivity index (χ1v) is 13.8. The second-order valence-corrected chi connectivity index (χ2v) is 12.6. The molecule has 0 unspecified atom stereocenters. The molecule has 0 aliphatic carbocycles. The van der Waals surface area contributed by atoms with E-state index in [1.807, 2.05) is 0 Å². The summed E-state index contributed by atoms with van der Waals surface area (Å²) in [4.78, 5) is 4.90. The Bertz CT molecular complexity index is 472. The van der Waals surface area contributed by atoms with Gasteiger partial charge in [-0.3, -0.25) is 0 Å². The maximum atomic E-state index is 4.00. The standard InChI is InChI=1S/C12H10.2CH3.Sn.H/c1-2-10-7-5-8-11-6-3-4-9-12(10)11;;;;/h3-5,7-9H,1-2H2;2*1H3;;. The first-order chi connectivity index (χ1) is 7.24. The molecule has 15 heavy (non-hydrogen) atoms. The van der Waals surface area contributed by atoms with Crippen LogP contribution in [0.4, 0.5) is 0 Å². The molecular weight excluding hydrogens is 287 g/mol. The van der Waals surface area contributed by atoms with Crippen molar-refractivity contribution in [3.63, 3.8) is 0 Å². The van der Waals surface area contributed by atoms with E-state index in [4.69, 9.17) is 0 Å². The van der Waals surface area contributed by atoms with Crippen molar-refractivity contribution >= 4 is 34.1 Å². The molecule has 2 aromatic rings. The fraction of sp³-hybridized carbons (Fsp3) is 0.214. The summed E-state index contributed by atoms with van der Waals surface area (Å²) >= 11 is -1.40. The van der Waals surface area contributed by atoms with Gasteiger partial charge in [-0.05, 0) is 0 Å². The molecule has 0 aromatic heterocycles. The minimum absolute atomic E-state index is 0.883. The Hall–Kier alpha value is -0.501. The Morgan fingerprint density at radius 3 is 2.33 bits per heavy atom. The number of hydrogen-bond acceptors (Lipinski definition) is 0. The number of hydrogen-bond donors (Lipinski definition) is 0. The Morgan fingerprint density at radius 1 is 1.00 bits per heavy atom. The molecule has 0 atom stereocenters. The van der Waals surface area contributed by atoms with Crippen molar-refractivity contribution in [2.45, 2.75) is 16.3 Å². The van der Waals surface area contributed by atoms with Crippen molar-refractivity contribution in [1.29, 1.82) is 0 Å². The molecule has 0 nitrogen and oxygen atoms in total. The average Bonchev–Trinajstić information content (AvgIpc) is 2.27. The third-order valence-electron chi connectivity index (χ3n) is 2.94. The third-order valence-corrected chi connectivity index (χ3v) is 7.92. The van der Waals surface area contributed by atoms with E-state index in [-0.39, 0.29) is 0 Å². The van der Waals surface area contributed by atoms with Gasteiger partial charge >= 0.3 is 99.3 Å². The molecule has 0 aliphatic heterocycles. The zero-order chi connectivity index (χ0) is 10.8. The molecule has 1 heteroatoms. The van der Waals surface area contributed by atoms with E-state index in [9.17, 15) is 0 Å². The second kappa shape index (κ2) is 4.56. The fourth-order valence-corrected chi connectivity index (χ4v) is 6.03. The van der Waals surface area contributed by atoms with Crippen molar-refractivity contribution in [3.8, 4) is 0 Å². The number of benzene rings is 2. The minimum atomic E-state index is -1.40.